The van der Waals surface area contributed by atoms with Crippen molar-refractivity contribution in [3.8, 4) is 0 Å². The third-order valence-electron chi connectivity index (χ3n) is 5.47. The summed E-state index contributed by atoms with van der Waals surface area (Å²) in [6.07, 6.45) is 3.07. The fourth-order valence-corrected chi connectivity index (χ4v) is 4.13. The summed E-state index contributed by atoms with van der Waals surface area (Å²) in [6.45, 7) is 8.28. The second-order valence-corrected chi connectivity index (χ2v) is 7.66. The average molecular weight is 370 g/mol. The SMILES string of the molecule is CCn1c(C2CCN(C(=O)CCc3cc(C)cc(C)c3)CC2)nn(C)c1=O. The van der Waals surface area contributed by atoms with Gasteiger partial charge in [-0.3, -0.25) is 9.36 Å². The number of aryl methyl sites for hydroxylation is 4. The van der Waals surface area contributed by atoms with E-state index in [1.807, 2.05) is 11.8 Å². The van der Waals surface area contributed by atoms with Crippen LogP contribution in [-0.2, 0) is 24.8 Å². The molecule has 1 fully saturated rings. The van der Waals surface area contributed by atoms with Gasteiger partial charge in [-0.15, -0.1) is 0 Å². The van der Waals surface area contributed by atoms with Crippen LogP contribution in [0.25, 0.3) is 0 Å². The Labute approximate surface area is 160 Å². The first-order valence-corrected chi connectivity index (χ1v) is 9.87. The fourth-order valence-electron chi connectivity index (χ4n) is 4.13. The van der Waals surface area contributed by atoms with E-state index in [-0.39, 0.29) is 17.5 Å². The van der Waals surface area contributed by atoms with Crippen LogP contribution in [0.3, 0.4) is 0 Å². The van der Waals surface area contributed by atoms with Gasteiger partial charge in [-0.25, -0.2) is 9.48 Å². The van der Waals surface area contributed by atoms with E-state index in [1.165, 1.54) is 21.4 Å². The predicted molar refractivity (Wildman–Crippen MR) is 106 cm³/mol. The van der Waals surface area contributed by atoms with E-state index < -0.39 is 0 Å². The minimum absolute atomic E-state index is 0.0561. The Morgan fingerprint density at radius 1 is 1.15 bits per heavy atom. The quantitative estimate of drug-likeness (QED) is 0.813. The Bertz CT molecular complexity index is 853. The molecule has 0 N–H and O–H groups in total. The van der Waals surface area contributed by atoms with Gasteiger partial charge in [0.2, 0.25) is 5.91 Å². The van der Waals surface area contributed by atoms with E-state index in [0.29, 0.717) is 13.0 Å². The van der Waals surface area contributed by atoms with Crippen molar-refractivity contribution >= 4 is 5.91 Å². The summed E-state index contributed by atoms with van der Waals surface area (Å²) >= 11 is 0. The molecule has 1 aromatic heterocycles. The Morgan fingerprint density at radius 3 is 2.37 bits per heavy atom. The number of benzene rings is 1. The lowest BCUT2D eigenvalue weighted by Gasteiger charge is -2.31. The molecule has 3 rings (SSSR count). The summed E-state index contributed by atoms with van der Waals surface area (Å²) in [4.78, 5) is 26.7. The minimum Gasteiger partial charge on any atom is -0.343 e. The summed E-state index contributed by atoms with van der Waals surface area (Å²) in [5.74, 6) is 1.34. The molecule has 0 aliphatic carbocycles. The van der Waals surface area contributed by atoms with Gasteiger partial charge in [0.05, 0.1) is 0 Å². The molecule has 2 aromatic rings. The van der Waals surface area contributed by atoms with Crippen molar-refractivity contribution in [3.05, 3.63) is 51.2 Å². The van der Waals surface area contributed by atoms with Crippen LogP contribution in [0.2, 0.25) is 0 Å². The molecular weight excluding hydrogens is 340 g/mol. The highest BCUT2D eigenvalue weighted by molar-refractivity contribution is 5.76. The number of carbonyl (C=O) groups is 1. The maximum Gasteiger partial charge on any atom is 0.345 e. The van der Waals surface area contributed by atoms with Gasteiger partial charge < -0.3 is 4.90 Å². The van der Waals surface area contributed by atoms with Crippen molar-refractivity contribution in [3.63, 3.8) is 0 Å². The molecule has 0 unspecified atom stereocenters. The van der Waals surface area contributed by atoms with Crippen LogP contribution in [0.1, 0.15) is 54.6 Å². The maximum absolute atomic E-state index is 12.6. The first-order chi connectivity index (χ1) is 12.9. The topological polar surface area (TPSA) is 60.1 Å². The van der Waals surface area contributed by atoms with Crippen LogP contribution < -0.4 is 5.69 Å². The van der Waals surface area contributed by atoms with Crippen molar-refractivity contribution in [2.45, 2.75) is 58.9 Å². The Morgan fingerprint density at radius 2 is 1.78 bits per heavy atom. The molecule has 6 nitrogen and oxygen atoms in total. The van der Waals surface area contributed by atoms with Gasteiger partial charge in [0.15, 0.2) is 0 Å². The van der Waals surface area contributed by atoms with Gasteiger partial charge >= 0.3 is 5.69 Å². The van der Waals surface area contributed by atoms with E-state index in [0.717, 1.165) is 38.2 Å². The number of hydrogen-bond donors (Lipinski definition) is 0. The first-order valence-electron chi connectivity index (χ1n) is 9.87. The standard InChI is InChI=1S/C21H30N4O2/c1-5-25-20(22-23(4)21(25)27)18-8-10-24(11-9-18)19(26)7-6-17-13-15(2)12-16(3)14-17/h12-14,18H,5-11H2,1-4H3. The van der Waals surface area contributed by atoms with Crippen LogP contribution in [0.15, 0.2) is 23.0 Å². The molecule has 1 aliphatic heterocycles. The van der Waals surface area contributed by atoms with Crippen LogP contribution in [0, 0.1) is 13.8 Å². The summed E-state index contributed by atoms with van der Waals surface area (Å²) < 4.78 is 3.17. The maximum atomic E-state index is 12.6. The molecule has 0 saturated carbocycles. The number of amides is 1. The second kappa shape index (κ2) is 8.11. The second-order valence-electron chi connectivity index (χ2n) is 7.66. The molecule has 6 heteroatoms. The number of piperidine rings is 1. The normalized spacial score (nSPS) is 15.3. The third kappa shape index (κ3) is 4.31. The number of aromatic nitrogens is 3. The van der Waals surface area contributed by atoms with Gasteiger partial charge in [-0.2, -0.15) is 5.10 Å². The lowest BCUT2D eigenvalue weighted by Crippen LogP contribution is -2.38. The summed E-state index contributed by atoms with van der Waals surface area (Å²) in [5.41, 5.74) is 3.67. The van der Waals surface area contributed by atoms with Crippen LogP contribution in [0.5, 0.6) is 0 Å². The Balaban J connectivity index is 1.56. The summed E-state index contributed by atoms with van der Waals surface area (Å²) in [6, 6.07) is 6.48. The Hall–Kier alpha value is -2.37. The number of carbonyl (C=O) groups excluding carboxylic acids is 1. The molecule has 27 heavy (non-hydrogen) atoms. The predicted octanol–water partition coefficient (Wildman–Crippen LogP) is 2.56. The summed E-state index contributed by atoms with van der Waals surface area (Å²) in [5, 5.41) is 4.43. The van der Waals surface area contributed by atoms with Gasteiger partial charge in [0.25, 0.3) is 0 Å². The molecule has 1 amide bonds. The zero-order valence-corrected chi connectivity index (χ0v) is 16.9. The number of hydrogen-bond acceptors (Lipinski definition) is 3. The Kier molecular flexibility index (Phi) is 5.82. The van der Waals surface area contributed by atoms with Crippen LogP contribution in [0.4, 0.5) is 0 Å². The molecule has 146 valence electrons. The van der Waals surface area contributed by atoms with Gasteiger partial charge in [-0.1, -0.05) is 29.3 Å². The van der Waals surface area contributed by atoms with E-state index >= 15 is 0 Å². The highest BCUT2D eigenvalue weighted by Crippen LogP contribution is 2.26. The van der Waals surface area contributed by atoms with E-state index in [9.17, 15) is 9.59 Å². The molecule has 0 bridgehead atoms. The van der Waals surface area contributed by atoms with Crippen molar-refractivity contribution in [2.24, 2.45) is 7.05 Å². The third-order valence-corrected chi connectivity index (χ3v) is 5.47. The zero-order chi connectivity index (χ0) is 19.6. The lowest BCUT2D eigenvalue weighted by atomic mass is 9.95. The molecular formula is C21H30N4O2. The smallest absolute Gasteiger partial charge is 0.343 e. The minimum atomic E-state index is -0.0561. The average Bonchev–Trinajstić information content (AvgIpc) is 2.93. The monoisotopic (exact) mass is 370 g/mol. The molecule has 2 heterocycles. The highest BCUT2D eigenvalue weighted by Gasteiger charge is 2.27. The van der Waals surface area contributed by atoms with Crippen LogP contribution in [-0.4, -0.2) is 38.2 Å². The van der Waals surface area contributed by atoms with Gasteiger partial charge in [0.1, 0.15) is 5.82 Å². The van der Waals surface area contributed by atoms with Crippen molar-refractivity contribution in [1.29, 1.82) is 0 Å². The molecule has 0 atom stereocenters. The first kappa shape index (κ1) is 19.4. The van der Waals surface area contributed by atoms with Gasteiger partial charge in [-0.05, 0) is 45.6 Å². The molecule has 1 aromatic carbocycles. The van der Waals surface area contributed by atoms with Gasteiger partial charge in [0, 0.05) is 39.0 Å². The van der Waals surface area contributed by atoms with E-state index in [2.05, 4.69) is 37.1 Å². The number of rotatable bonds is 5. The number of nitrogens with zero attached hydrogens (tertiary/aromatic N) is 4. The zero-order valence-electron chi connectivity index (χ0n) is 16.9. The fraction of sp³-hybridized carbons (Fsp3) is 0.571. The largest absolute Gasteiger partial charge is 0.345 e. The van der Waals surface area contributed by atoms with E-state index in [1.54, 1.807) is 11.6 Å². The molecule has 1 saturated heterocycles. The molecule has 0 spiro atoms. The number of likely N-dealkylation sites (tertiary alicyclic amines) is 1. The van der Waals surface area contributed by atoms with Crippen molar-refractivity contribution in [2.75, 3.05) is 13.1 Å². The van der Waals surface area contributed by atoms with Crippen molar-refractivity contribution < 1.29 is 4.79 Å². The highest BCUT2D eigenvalue weighted by atomic mass is 16.2. The van der Waals surface area contributed by atoms with Crippen molar-refractivity contribution in [1.82, 2.24) is 19.2 Å². The van der Waals surface area contributed by atoms with Crippen LogP contribution >= 0.6 is 0 Å². The molecule has 1 aliphatic rings. The van der Waals surface area contributed by atoms with E-state index in [4.69, 9.17) is 0 Å². The summed E-state index contributed by atoms with van der Waals surface area (Å²) in [7, 11) is 1.70. The molecule has 0 radical (unpaired) electrons. The lowest BCUT2D eigenvalue weighted by molar-refractivity contribution is -0.132.